The molecular formula is C11H12Br2FNO. The number of carbonyl (C=O) groups excluding carboxylic acids is 1. The van der Waals surface area contributed by atoms with E-state index in [1.165, 1.54) is 12.1 Å². The lowest BCUT2D eigenvalue weighted by Gasteiger charge is -2.16. The highest BCUT2D eigenvalue weighted by Crippen LogP contribution is 2.19. The number of hydrogen-bond donors (Lipinski definition) is 1. The van der Waals surface area contributed by atoms with Crippen molar-refractivity contribution < 1.29 is 9.18 Å². The molecule has 0 heterocycles. The summed E-state index contributed by atoms with van der Waals surface area (Å²) in [7, 11) is 0. The molecule has 1 rings (SSSR count). The zero-order valence-electron chi connectivity index (χ0n) is 8.98. The third kappa shape index (κ3) is 3.87. The summed E-state index contributed by atoms with van der Waals surface area (Å²) >= 11 is 6.55. The SMILES string of the molecule is CC(C)(Br)C(=O)NCc1cc(F)ccc1Br. The molecule has 0 aromatic heterocycles. The van der Waals surface area contributed by atoms with Gasteiger partial charge in [-0.2, -0.15) is 0 Å². The van der Waals surface area contributed by atoms with E-state index in [4.69, 9.17) is 0 Å². The summed E-state index contributed by atoms with van der Waals surface area (Å²) < 4.78 is 13.1. The summed E-state index contributed by atoms with van der Waals surface area (Å²) in [5, 5.41) is 2.72. The van der Waals surface area contributed by atoms with Gasteiger partial charge >= 0.3 is 0 Å². The lowest BCUT2D eigenvalue weighted by atomic mass is 10.2. The predicted molar refractivity (Wildman–Crippen MR) is 69.0 cm³/mol. The van der Waals surface area contributed by atoms with Crippen LogP contribution in [-0.4, -0.2) is 10.2 Å². The standard InChI is InChI=1S/C11H12Br2FNO/c1-11(2,13)10(16)15-6-7-5-8(14)3-4-9(7)12/h3-5H,6H2,1-2H3,(H,15,16). The first kappa shape index (κ1) is 13.6. The number of carbonyl (C=O) groups is 1. The molecule has 0 aliphatic carbocycles. The monoisotopic (exact) mass is 351 g/mol. The Morgan fingerprint density at radius 1 is 1.50 bits per heavy atom. The molecule has 0 radical (unpaired) electrons. The molecule has 0 fully saturated rings. The van der Waals surface area contributed by atoms with Gasteiger partial charge in [0.15, 0.2) is 0 Å². The predicted octanol–water partition coefficient (Wildman–Crippen LogP) is 3.38. The summed E-state index contributed by atoms with van der Waals surface area (Å²) in [6, 6.07) is 4.38. The van der Waals surface area contributed by atoms with Crippen molar-refractivity contribution in [2.45, 2.75) is 24.7 Å². The Bertz CT molecular complexity index is 401. The minimum Gasteiger partial charge on any atom is -0.351 e. The van der Waals surface area contributed by atoms with Gasteiger partial charge in [0.05, 0.1) is 4.32 Å². The van der Waals surface area contributed by atoms with Gasteiger partial charge in [0.2, 0.25) is 5.91 Å². The van der Waals surface area contributed by atoms with Gasteiger partial charge in [-0.3, -0.25) is 4.79 Å². The topological polar surface area (TPSA) is 29.1 Å². The van der Waals surface area contributed by atoms with Crippen LogP contribution in [0.2, 0.25) is 0 Å². The quantitative estimate of drug-likeness (QED) is 0.830. The van der Waals surface area contributed by atoms with Crippen molar-refractivity contribution in [1.82, 2.24) is 5.32 Å². The molecule has 0 aliphatic heterocycles. The molecule has 2 nitrogen and oxygen atoms in total. The van der Waals surface area contributed by atoms with Crippen LogP contribution < -0.4 is 5.32 Å². The van der Waals surface area contributed by atoms with Gasteiger partial charge in [0.1, 0.15) is 5.82 Å². The molecule has 5 heteroatoms. The maximum Gasteiger partial charge on any atom is 0.236 e. The van der Waals surface area contributed by atoms with Crippen molar-refractivity contribution in [3.05, 3.63) is 34.1 Å². The lowest BCUT2D eigenvalue weighted by Crippen LogP contribution is -2.37. The summed E-state index contributed by atoms with van der Waals surface area (Å²) in [6.07, 6.45) is 0. The smallest absolute Gasteiger partial charge is 0.236 e. The van der Waals surface area contributed by atoms with Crippen LogP contribution >= 0.6 is 31.9 Å². The Labute approximate surface area is 111 Å². The molecule has 0 bridgehead atoms. The Balaban J connectivity index is 2.68. The minimum absolute atomic E-state index is 0.135. The third-order valence-electron chi connectivity index (χ3n) is 1.99. The molecule has 0 spiro atoms. The molecule has 1 amide bonds. The van der Waals surface area contributed by atoms with E-state index in [2.05, 4.69) is 37.2 Å². The number of nitrogens with one attached hydrogen (secondary N) is 1. The van der Waals surface area contributed by atoms with Gasteiger partial charge in [-0.1, -0.05) is 31.9 Å². The average molecular weight is 353 g/mol. The largest absolute Gasteiger partial charge is 0.351 e. The summed E-state index contributed by atoms with van der Waals surface area (Å²) in [5.41, 5.74) is 0.713. The highest BCUT2D eigenvalue weighted by Gasteiger charge is 2.23. The fourth-order valence-electron chi connectivity index (χ4n) is 1.06. The van der Waals surface area contributed by atoms with Gasteiger partial charge < -0.3 is 5.32 Å². The summed E-state index contributed by atoms with van der Waals surface area (Å²) in [6.45, 7) is 3.80. The second-order valence-corrected chi connectivity index (χ2v) is 6.73. The number of rotatable bonds is 3. The maximum absolute atomic E-state index is 13.0. The zero-order chi connectivity index (χ0) is 12.3. The number of benzene rings is 1. The second-order valence-electron chi connectivity index (χ2n) is 3.89. The van der Waals surface area contributed by atoms with Crippen LogP contribution in [0, 0.1) is 5.82 Å². The first-order chi connectivity index (χ1) is 7.30. The second kappa shape index (κ2) is 5.27. The normalized spacial score (nSPS) is 11.3. The Kier molecular flexibility index (Phi) is 4.50. The molecule has 0 saturated carbocycles. The molecular weight excluding hydrogens is 341 g/mol. The number of hydrogen-bond acceptors (Lipinski definition) is 1. The van der Waals surface area contributed by atoms with Crippen molar-refractivity contribution >= 4 is 37.8 Å². The van der Waals surface area contributed by atoms with Crippen molar-refractivity contribution in [2.75, 3.05) is 0 Å². The van der Waals surface area contributed by atoms with E-state index in [0.717, 1.165) is 4.47 Å². The molecule has 1 aromatic rings. The van der Waals surface area contributed by atoms with E-state index in [1.54, 1.807) is 19.9 Å². The van der Waals surface area contributed by atoms with E-state index >= 15 is 0 Å². The number of alkyl halides is 1. The Morgan fingerprint density at radius 3 is 2.69 bits per heavy atom. The average Bonchev–Trinajstić information content (AvgIpc) is 2.17. The molecule has 0 atom stereocenters. The molecule has 1 aromatic carbocycles. The highest BCUT2D eigenvalue weighted by molar-refractivity contribution is 9.10. The van der Waals surface area contributed by atoms with E-state index < -0.39 is 4.32 Å². The molecule has 0 aliphatic rings. The van der Waals surface area contributed by atoms with Crippen LogP contribution in [0.4, 0.5) is 4.39 Å². The highest BCUT2D eigenvalue weighted by atomic mass is 79.9. The van der Waals surface area contributed by atoms with Crippen LogP contribution in [-0.2, 0) is 11.3 Å². The van der Waals surface area contributed by atoms with E-state index in [1.807, 2.05) is 0 Å². The van der Waals surface area contributed by atoms with Gasteiger partial charge in [-0.15, -0.1) is 0 Å². The van der Waals surface area contributed by atoms with Crippen molar-refractivity contribution in [1.29, 1.82) is 0 Å². The van der Waals surface area contributed by atoms with Gasteiger partial charge in [0.25, 0.3) is 0 Å². The fraction of sp³-hybridized carbons (Fsp3) is 0.364. The first-order valence-electron chi connectivity index (χ1n) is 4.72. The van der Waals surface area contributed by atoms with E-state index in [9.17, 15) is 9.18 Å². The van der Waals surface area contributed by atoms with Crippen molar-refractivity contribution in [2.24, 2.45) is 0 Å². The maximum atomic E-state index is 13.0. The van der Waals surface area contributed by atoms with Crippen molar-refractivity contribution in [3.63, 3.8) is 0 Å². The van der Waals surface area contributed by atoms with Crippen LogP contribution in [0.1, 0.15) is 19.4 Å². The molecule has 1 N–H and O–H groups in total. The summed E-state index contributed by atoms with van der Waals surface area (Å²) in [4.78, 5) is 11.6. The van der Waals surface area contributed by atoms with Gasteiger partial charge in [0, 0.05) is 11.0 Å². The lowest BCUT2D eigenvalue weighted by molar-refractivity contribution is -0.122. The van der Waals surface area contributed by atoms with Gasteiger partial charge in [-0.25, -0.2) is 4.39 Å². The molecule has 0 saturated heterocycles. The van der Waals surface area contributed by atoms with Crippen LogP contribution in [0.3, 0.4) is 0 Å². The number of halogens is 3. The third-order valence-corrected chi connectivity index (χ3v) is 3.12. The Morgan fingerprint density at radius 2 is 2.12 bits per heavy atom. The van der Waals surface area contributed by atoms with Gasteiger partial charge in [-0.05, 0) is 37.6 Å². The molecule has 88 valence electrons. The van der Waals surface area contributed by atoms with Crippen molar-refractivity contribution in [3.8, 4) is 0 Å². The number of amides is 1. The zero-order valence-corrected chi connectivity index (χ0v) is 12.2. The summed E-state index contributed by atoms with van der Waals surface area (Å²) in [5.74, 6) is -0.450. The molecule has 16 heavy (non-hydrogen) atoms. The fourth-order valence-corrected chi connectivity index (χ4v) is 1.59. The van der Waals surface area contributed by atoms with Crippen LogP contribution in [0.5, 0.6) is 0 Å². The first-order valence-corrected chi connectivity index (χ1v) is 6.30. The molecule has 0 unspecified atom stereocenters. The van der Waals surface area contributed by atoms with Crippen LogP contribution in [0.25, 0.3) is 0 Å². The van der Waals surface area contributed by atoms with E-state index in [0.29, 0.717) is 12.1 Å². The van der Waals surface area contributed by atoms with Crippen LogP contribution in [0.15, 0.2) is 22.7 Å². The Hall–Kier alpha value is -0.420. The minimum atomic E-state index is -0.618. The van der Waals surface area contributed by atoms with E-state index in [-0.39, 0.29) is 11.7 Å².